The summed E-state index contributed by atoms with van der Waals surface area (Å²) in [4.78, 5) is 17.1. The molecular weight excluding hydrogens is 316 g/mol. The number of benzene rings is 2. The number of amides is 1. The van der Waals surface area contributed by atoms with Crippen molar-refractivity contribution in [3.63, 3.8) is 0 Å². The van der Waals surface area contributed by atoms with Crippen LogP contribution in [0.3, 0.4) is 0 Å². The first kappa shape index (κ1) is 13.9. The van der Waals surface area contributed by atoms with E-state index >= 15 is 0 Å². The fraction of sp³-hybridized carbons (Fsp3) is 0.0526. The number of rotatable bonds is 3. The maximum atomic E-state index is 12.4. The summed E-state index contributed by atoms with van der Waals surface area (Å²) in [5.41, 5.74) is 3.26. The molecule has 0 saturated heterocycles. The first-order valence-electron chi connectivity index (χ1n) is 7.98. The van der Waals surface area contributed by atoms with Crippen molar-refractivity contribution in [1.29, 1.82) is 0 Å². The Morgan fingerprint density at radius 2 is 2.08 bits per heavy atom. The third kappa shape index (κ3) is 2.19. The zero-order valence-electron chi connectivity index (χ0n) is 13.2. The average Bonchev–Trinajstić information content (AvgIpc) is 3.36. The Bertz CT molecular complexity index is 1210. The zero-order chi connectivity index (χ0) is 16.8. The van der Waals surface area contributed by atoms with Gasteiger partial charge in [0, 0.05) is 27.9 Å². The molecule has 1 amide bonds. The largest absolute Gasteiger partial charge is 0.467 e. The lowest BCUT2D eigenvalue weighted by Gasteiger charge is -2.03. The van der Waals surface area contributed by atoms with Gasteiger partial charge in [0.1, 0.15) is 5.76 Å². The van der Waals surface area contributed by atoms with E-state index in [0.29, 0.717) is 12.1 Å². The van der Waals surface area contributed by atoms with Crippen LogP contribution in [0.15, 0.2) is 59.3 Å². The van der Waals surface area contributed by atoms with Crippen molar-refractivity contribution in [2.75, 3.05) is 0 Å². The highest BCUT2D eigenvalue weighted by atomic mass is 16.3. The summed E-state index contributed by atoms with van der Waals surface area (Å²) in [7, 11) is 0. The third-order valence-corrected chi connectivity index (χ3v) is 4.42. The molecule has 5 rings (SSSR count). The van der Waals surface area contributed by atoms with Crippen molar-refractivity contribution in [3.05, 3.63) is 66.2 Å². The smallest absolute Gasteiger partial charge is 0.251 e. The number of aromatic amines is 2. The van der Waals surface area contributed by atoms with Crippen molar-refractivity contribution < 1.29 is 9.21 Å². The molecule has 0 unspecified atom stereocenters. The van der Waals surface area contributed by atoms with Gasteiger partial charge in [-0.1, -0.05) is 18.2 Å². The fourth-order valence-electron chi connectivity index (χ4n) is 3.17. The average molecular weight is 330 g/mol. The van der Waals surface area contributed by atoms with E-state index in [-0.39, 0.29) is 5.91 Å². The van der Waals surface area contributed by atoms with Gasteiger partial charge < -0.3 is 14.8 Å². The van der Waals surface area contributed by atoms with Crippen LogP contribution >= 0.6 is 0 Å². The summed E-state index contributed by atoms with van der Waals surface area (Å²) in [5, 5.41) is 12.2. The van der Waals surface area contributed by atoms with Crippen LogP contribution < -0.4 is 5.32 Å². The van der Waals surface area contributed by atoms with Gasteiger partial charge in [0.15, 0.2) is 0 Å². The molecule has 25 heavy (non-hydrogen) atoms. The van der Waals surface area contributed by atoms with Gasteiger partial charge in [0.05, 0.1) is 29.4 Å². The number of nitrogens with one attached hydrogen (secondary N) is 3. The molecule has 0 aliphatic carbocycles. The lowest BCUT2D eigenvalue weighted by Crippen LogP contribution is -2.22. The van der Waals surface area contributed by atoms with Crippen LogP contribution in [0.5, 0.6) is 0 Å². The Morgan fingerprint density at radius 3 is 2.96 bits per heavy atom. The molecule has 0 fully saturated rings. The monoisotopic (exact) mass is 330 g/mol. The van der Waals surface area contributed by atoms with E-state index in [9.17, 15) is 4.79 Å². The van der Waals surface area contributed by atoms with Crippen LogP contribution in [0.25, 0.3) is 32.7 Å². The highest BCUT2D eigenvalue weighted by molar-refractivity contribution is 6.16. The second-order valence-corrected chi connectivity index (χ2v) is 5.95. The SMILES string of the molecule is O=C(NCc1ccco1)c1ccc2c(c1)nc1c2ccc2c[nH][nH]c21. The lowest BCUT2D eigenvalue weighted by molar-refractivity contribution is 0.0948. The van der Waals surface area contributed by atoms with Gasteiger partial charge in [0.25, 0.3) is 5.91 Å². The van der Waals surface area contributed by atoms with Gasteiger partial charge in [0.2, 0.25) is 0 Å². The predicted octanol–water partition coefficient (Wildman–Crippen LogP) is 3.72. The second kappa shape index (κ2) is 5.24. The molecule has 2 aromatic carbocycles. The quantitative estimate of drug-likeness (QED) is 0.471. The van der Waals surface area contributed by atoms with Crippen LogP contribution in [0.2, 0.25) is 0 Å². The van der Waals surface area contributed by atoms with E-state index in [1.807, 2.05) is 30.5 Å². The molecule has 0 bridgehead atoms. The Hall–Kier alpha value is -3.54. The molecule has 6 nitrogen and oxygen atoms in total. The molecule has 5 aromatic rings. The van der Waals surface area contributed by atoms with E-state index in [1.165, 1.54) is 0 Å². The topological polar surface area (TPSA) is 86.7 Å². The number of hydrogen-bond donors (Lipinski definition) is 3. The van der Waals surface area contributed by atoms with Gasteiger partial charge in [-0.3, -0.25) is 9.89 Å². The molecule has 0 aliphatic heterocycles. The number of aromatic nitrogens is 3. The molecular formula is C19H14N4O2. The van der Waals surface area contributed by atoms with Crippen LogP contribution in [-0.4, -0.2) is 21.1 Å². The minimum absolute atomic E-state index is 0.149. The molecule has 3 aromatic heterocycles. The van der Waals surface area contributed by atoms with Gasteiger partial charge in [-0.05, 0) is 24.3 Å². The third-order valence-electron chi connectivity index (χ3n) is 4.42. The van der Waals surface area contributed by atoms with E-state index < -0.39 is 0 Å². The van der Waals surface area contributed by atoms with Gasteiger partial charge in [-0.2, -0.15) is 0 Å². The summed E-state index contributed by atoms with van der Waals surface area (Å²) in [6.07, 6.45) is 3.49. The minimum atomic E-state index is -0.149. The summed E-state index contributed by atoms with van der Waals surface area (Å²) >= 11 is 0. The second-order valence-electron chi connectivity index (χ2n) is 5.95. The summed E-state index contributed by atoms with van der Waals surface area (Å²) in [6, 6.07) is 13.3. The van der Waals surface area contributed by atoms with Gasteiger partial charge >= 0.3 is 0 Å². The number of nitrogens with zero attached hydrogens (tertiary/aromatic N) is 1. The van der Waals surface area contributed by atoms with Crippen molar-refractivity contribution in [1.82, 2.24) is 20.5 Å². The highest BCUT2D eigenvalue weighted by Gasteiger charge is 2.13. The van der Waals surface area contributed by atoms with Crippen LogP contribution in [0.4, 0.5) is 0 Å². The minimum Gasteiger partial charge on any atom is -0.467 e. The predicted molar refractivity (Wildman–Crippen MR) is 95.3 cm³/mol. The maximum Gasteiger partial charge on any atom is 0.251 e. The van der Waals surface area contributed by atoms with E-state index in [2.05, 4.69) is 27.6 Å². The van der Waals surface area contributed by atoms with Crippen LogP contribution in [0.1, 0.15) is 16.1 Å². The fourth-order valence-corrected chi connectivity index (χ4v) is 3.17. The summed E-state index contributed by atoms with van der Waals surface area (Å²) in [6.45, 7) is 0.360. The highest BCUT2D eigenvalue weighted by Crippen LogP contribution is 2.30. The standard InChI is InChI=1S/C19H14N4O2/c24-19(20-10-13-2-1-7-25-13)11-3-5-14-15-6-4-12-9-21-23-17(12)18(15)22-16(14)8-11/h1-9,21,23H,10H2,(H,20,24). The molecule has 0 saturated carbocycles. The molecule has 0 spiro atoms. The normalized spacial score (nSPS) is 11.5. The van der Waals surface area contributed by atoms with E-state index in [1.54, 1.807) is 12.3 Å². The zero-order valence-corrected chi connectivity index (χ0v) is 13.2. The Morgan fingerprint density at radius 1 is 1.16 bits per heavy atom. The van der Waals surface area contributed by atoms with Gasteiger partial charge in [-0.15, -0.1) is 0 Å². The summed E-state index contributed by atoms with van der Waals surface area (Å²) in [5.74, 6) is 0.570. The molecule has 6 heteroatoms. The number of hydrogen-bond acceptors (Lipinski definition) is 3. The molecule has 3 N–H and O–H groups in total. The molecule has 0 atom stereocenters. The number of H-pyrrole nitrogens is 2. The number of carbonyl (C=O) groups excluding carboxylic acids is 1. The van der Waals surface area contributed by atoms with Gasteiger partial charge in [-0.25, -0.2) is 4.98 Å². The lowest BCUT2D eigenvalue weighted by atomic mass is 10.1. The van der Waals surface area contributed by atoms with Crippen molar-refractivity contribution in [3.8, 4) is 0 Å². The van der Waals surface area contributed by atoms with Crippen LogP contribution in [-0.2, 0) is 6.54 Å². The first-order valence-corrected chi connectivity index (χ1v) is 7.98. The number of carbonyl (C=O) groups is 1. The maximum absolute atomic E-state index is 12.4. The molecule has 0 radical (unpaired) electrons. The van der Waals surface area contributed by atoms with E-state index in [0.717, 1.165) is 38.5 Å². The summed E-state index contributed by atoms with van der Waals surface area (Å²) < 4.78 is 5.23. The number of fused-ring (bicyclic) bond motifs is 5. The Kier molecular flexibility index (Phi) is 2.90. The number of furan rings is 1. The molecule has 122 valence electrons. The van der Waals surface area contributed by atoms with Crippen molar-refractivity contribution in [2.24, 2.45) is 0 Å². The Labute approximate surface area is 141 Å². The molecule has 3 heterocycles. The van der Waals surface area contributed by atoms with Crippen molar-refractivity contribution in [2.45, 2.75) is 6.54 Å². The van der Waals surface area contributed by atoms with Crippen LogP contribution in [0, 0.1) is 0 Å². The van der Waals surface area contributed by atoms with E-state index in [4.69, 9.17) is 9.40 Å². The first-order chi connectivity index (χ1) is 12.3. The Balaban J connectivity index is 1.54. The molecule has 0 aliphatic rings. The van der Waals surface area contributed by atoms with Crippen molar-refractivity contribution >= 4 is 38.6 Å².